The normalized spacial score (nSPS) is 27.4. The lowest BCUT2D eigenvalue weighted by molar-refractivity contribution is -0.127. The Morgan fingerprint density at radius 2 is 2.39 bits per heavy atom. The number of carbonyl (C=O) groups is 1. The molecule has 1 aromatic carbocycles. The van der Waals surface area contributed by atoms with Gasteiger partial charge in [0.1, 0.15) is 11.6 Å². The van der Waals surface area contributed by atoms with Crippen molar-refractivity contribution < 1.29 is 13.9 Å². The van der Waals surface area contributed by atoms with Crippen molar-refractivity contribution in [1.82, 2.24) is 0 Å². The molecule has 18 heavy (non-hydrogen) atoms. The molecule has 0 spiro atoms. The largest absolute Gasteiger partial charge is 0.379 e. The molecule has 1 fully saturated rings. The third-order valence-electron chi connectivity index (χ3n) is 3.54. The Balaban J connectivity index is 2.19. The Morgan fingerprint density at radius 1 is 1.67 bits per heavy atom. The Labute approximate surface area is 114 Å². The second kappa shape index (κ2) is 5.07. The van der Waals surface area contributed by atoms with Crippen molar-refractivity contribution >= 4 is 21.7 Å². The van der Waals surface area contributed by atoms with Gasteiger partial charge in [0, 0.05) is 12.5 Å². The highest BCUT2D eigenvalue weighted by Gasteiger charge is 2.43. The van der Waals surface area contributed by atoms with Crippen LogP contribution in [0.25, 0.3) is 0 Å². The maximum absolute atomic E-state index is 13.4. The molecule has 5 heteroatoms. The number of carbonyl (C=O) groups excluding carboxylic acids is 1. The molecule has 2 rings (SSSR count). The molecule has 98 valence electrons. The zero-order valence-corrected chi connectivity index (χ0v) is 11.7. The van der Waals surface area contributed by atoms with Crippen LogP contribution in [0, 0.1) is 11.2 Å². The van der Waals surface area contributed by atoms with Gasteiger partial charge >= 0.3 is 0 Å². The second-order valence-electron chi connectivity index (χ2n) is 4.85. The number of Topliss-reactive ketones (excluding diaryl/α,β-unsaturated/α-hetero) is 1. The molecule has 1 saturated heterocycles. The van der Waals surface area contributed by atoms with Crippen LogP contribution in [0.4, 0.5) is 4.39 Å². The second-order valence-corrected chi connectivity index (χ2v) is 5.64. The van der Waals surface area contributed by atoms with E-state index in [1.165, 1.54) is 6.07 Å². The van der Waals surface area contributed by atoms with Crippen LogP contribution in [0.15, 0.2) is 22.7 Å². The molecule has 0 amide bonds. The van der Waals surface area contributed by atoms with Crippen LogP contribution in [0.5, 0.6) is 0 Å². The van der Waals surface area contributed by atoms with Gasteiger partial charge in [0.15, 0.2) is 0 Å². The summed E-state index contributed by atoms with van der Waals surface area (Å²) in [6, 6.07) is 4.38. The number of ether oxygens (including phenoxy) is 1. The van der Waals surface area contributed by atoms with Crippen molar-refractivity contribution in [3.63, 3.8) is 0 Å². The molecular weight excluding hydrogens is 301 g/mol. The summed E-state index contributed by atoms with van der Waals surface area (Å²) in [7, 11) is 0. The maximum atomic E-state index is 13.4. The van der Waals surface area contributed by atoms with E-state index in [0.29, 0.717) is 23.2 Å². The minimum atomic E-state index is -0.675. The van der Waals surface area contributed by atoms with Crippen molar-refractivity contribution in [3.05, 3.63) is 34.1 Å². The molecular formula is C13H15BrFNO2. The molecule has 2 N–H and O–H groups in total. The molecule has 3 nitrogen and oxygen atoms in total. The Kier molecular flexibility index (Phi) is 3.84. The third kappa shape index (κ3) is 2.35. The molecule has 0 radical (unpaired) electrons. The predicted octanol–water partition coefficient (Wildman–Crippen LogP) is 2.06. The quantitative estimate of drug-likeness (QED) is 0.929. The van der Waals surface area contributed by atoms with Crippen molar-refractivity contribution in [2.24, 2.45) is 11.1 Å². The summed E-state index contributed by atoms with van der Waals surface area (Å²) in [4.78, 5) is 12.3. The van der Waals surface area contributed by atoms with Gasteiger partial charge in [-0.2, -0.15) is 0 Å². The summed E-state index contributed by atoms with van der Waals surface area (Å²) < 4.78 is 19.0. The molecule has 2 unspecified atom stereocenters. The van der Waals surface area contributed by atoms with E-state index in [-0.39, 0.29) is 24.1 Å². The smallest absolute Gasteiger partial charge is 0.147 e. The number of ketones is 1. The lowest BCUT2D eigenvalue weighted by Crippen LogP contribution is -2.45. The van der Waals surface area contributed by atoms with Crippen molar-refractivity contribution in [2.45, 2.75) is 19.4 Å². The molecule has 0 aromatic heterocycles. The topological polar surface area (TPSA) is 52.3 Å². The summed E-state index contributed by atoms with van der Waals surface area (Å²) >= 11 is 3.16. The summed E-state index contributed by atoms with van der Waals surface area (Å²) in [6.45, 7) is 2.53. The van der Waals surface area contributed by atoms with E-state index < -0.39 is 5.41 Å². The zero-order chi connectivity index (χ0) is 13.3. The highest BCUT2D eigenvalue weighted by molar-refractivity contribution is 9.10. The number of benzene rings is 1. The van der Waals surface area contributed by atoms with Crippen LogP contribution in [0.3, 0.4) is 0 Å². The summed E-state index contributed by atoms with van der Waals surface area (Å²) in [5.41, 5.74) is 5.87. The van der Waals surface area contributed by atoms with Gasteiger partial charge < -0.3 is 10.5 Å². The predicted molar refractivity (Wildman–Crippen MR) is 69.7 cm³/mol. The molecule has 0 aliphatic carbocycles. The van der Waals surface area contributed by atoms with Crippen LogP contribution in [0.1, 0.15) is 12.5 Å². The molecule has 0 bridgehead atoms. The van der Waals surface area contributed by atoms with Gasteiger partial charge in [-0.3, -0.25) is 4.79 Å². The van der Waals surface area contributed by atoms with Crippen LogP contribution < -0.4 is 5.73 Å². The van der Waals surface area contributed by atoms with E-state index in [1.807, 2.05) is 0 Å². The molecule has 0 saturated carbocycles. The number of nitrogens with two attached hydrogens (primary N) is 1. The van der Waals surface area contributed by atoms with Gasteiger partial charge in [-0.1, -0.05) is 12.1 Å². The first-order valence-corrected chi connectivity index (χ1v) is 6.54. The van der Waals surface area contributed by atoms with E-state index in [9.17, 15) is 9.18 Å². The summed E-state index contributed by atoms with van der Waals surface area (Å²) in [6.07, 6.45) is 0.159. The lowest BCUT2D eigenvalue weighted by atomic mass is 9.79. The fourth-order valence-electron chi connectivity index (χ4n) is 2.04. The van der Waals surface area contributed by atoms with Crippen LogP contribution >= 0.6 is 15.9 Å². The van der Waals surface area contributed by atoms with Gasteiger partial charge in [-0.25, -0.2) is 4.39 Å². The van der Waals surface area contributed by atoms with Gasteiger partial charge in [-0.15, -0.1) is 0 Å². The minimum absolute atomic E-state index is 0.0150. The molecule has 1 aromatic rings. The highest BCUT2D eigenvalue weighted by Crippen LogP contribution is 2.31. The summed E-state index contributed by atoms with van der Waals surface area (Å²) in [5, 5.41) is 0. The minimum Gasteiger partial charge on any atom is -0.379 e. The molecule has 1 aliphatic rings. The van der Waals surface area contributed by atoms with Crippen molar-refractivity contribution in [1.29, 1.82) is 0 Å². The number of halogens is 2. The van der Waals surface area contributed by atoms with E-state index >= 15 is 0 Å². The van der Waals surface area contributed by atoms with Crippen LogP contribution in [0.2, 0.25) is 0 Å². The first-order valence-electron chi connectivity index (χ1n) is 5.74. The zero-order valence-electron chi connectivity index (χ0n) is 10.1. The van der Waals surface area contributed by atoms with Gasteiger partial charge in [0.2, 0.25) is 0 Å². The number of rotatable bonds is 3. The standard InChI is InChI=1S/C13H15BrFNO2/c1-13(7-18-6-10(13)16)11(17)5-8-3-2-4-9(15)12(8)14/h2-4,10H,5-7,16H2,1H3. The van der Waals surface area contributed by atoms with Gasteiger partial charge in [0.05, 0.1) is 23.1 Å². The van der Waals surface area contributed by atoms with E-state index in [0.717, 1.165) is 0 Å². The average Bonchev–Trinajstić information content (AvgIpc) is 2.67. The lowest BCUT2D eigenvalue weighted by Gasteiger charge is -2.25. The highest BCUT2D eigenvalue weighted by atomic mass is 79.9. The van der Waals surface area contributed by atoms with Crippen LogP contribution in [-0.2, 0) is 16.0 Å². The van der Waals surface area contributed by atoms with E-state index in [2.05, 4.69) is 15.9 Å². The SMILES string of the molecule is CC1(C(=O)Cc2cccc(F)c2Br)COCC1N. The third-order valence-corrected chi connectivity index (χ3v) is 4.43. The Hall–Kier alpha value is -0.780. The first kappa shape index (κ1) is 13.6. The summed E-state index contributed by atoms with van der Waals surface area (Å²) in [5.74, 6) is -0.378. The fraction of sp³-hybridized carbons (Fsp3) is 0.462. The van der Waals surface area contributed by atoms with E-state index in [4.69, 9.17) is 10.5 Å². The van der Waals surface area contributed by atoms with Crippen molar-refractivity contribution in [3.8, 4) is 0 Å². The molecule has 1 heterocycles. The average molecular weight is 316 g/mol. The first-order chi connectivity index (χ1) is 8.45. The van der Waals surface area contributed by atoms with Crippen molar-refractivity contribution in [2.75, 3.05) is 13.2 Å². The molecule has 2 atom stereocenters. The molecule has 1 aliphatic heterocycles. The Bertz CT molecular complexity index is 480. The maximum Gasteiger partial charge on any atom is 0.147 e. The van der Waals surface area contributed by atoms with Gasteiger partial charge in [0.25, 0.3) is 0 Å². The fourth-order valence-corrected chi connectivity index (χ4v) is 2.44. The number of hydrogen-bond acceptors (Lipinski definition) is 3. The van der Waals surface area contributed by atoms with Gasteiger partial charge in [-0.05, 0) is 34.5 Å². The number of hydrogen-bond donors (Lipinski definition) is 1. The van der Waals surface area contributed by atoms with E-state index in [1.54, 1.807) is 19.1 Å². The Morgan fingerprint density at radius 3 is 3.00 bits per heavy atom. The van der Waals surface area contributed by atoms with Crippen LogP contribution in [-0.4, -0.2) is 25.0 Å². The monoisotopic (exact) mass is 315 g/mol.